The fourth-order valence-electron chi connectivity index (χ4n) is 1.71. The molecule has 5 heteroatoms. The number of hydrogen-bond donors (Lipinski definition) is 3. The van der Waals surface area contributed by atoms with E-state index in [2.05, 4.69) is 20.2 Å². The van der Waals surface area contributed by atoms with Crippen molar-refractivity contribution in [1.82, 2.24) is 20.2 Å². The second-order valence-electron chi connectivity index (χ2n) is 3.28. The number of aromatic nitrogens is 4. The summed E-state index contributed by atoms with van der Waals surface area (Å²) in [6, 6.07) is 1.88. The van der Waals surface area contributed by atoms with E-state index in [1.807, 2.05) is 6.07 Å². The van der Waals surface area contributed by atoms with Gasteiger partial charge in [0.05, 0.1) is 6.20 Å². The Morgan fingerprint density at radius 1 is 1.20 bits per heavy atom. The predicted octanol–water partition coefficient (Wildman–Crippen LogP) is 1.25. The first-order chi connectivity index (χ1) is 7.36. The number of hydrogen-bond acceptors (Lipinski definition) is 2. The van der Waals surface area contributed by atoms with E-state index in [1.54, 1.807) is 24.8 Å². The zero-order valence-electron chi connectivity index (χ0n) is 7.74. The van der Waals surface area contributed by atoms with Crippen molar-refractivity contribution in [3.63, 3.8) is 0 Å². The van der Waals surface area contributed by atoms with E-state index >= 15 is 0 Å². The fraction of sp³-hybridized carbons (Fsp3) is 0. The summed E-state index contributed by atoms with van der Waals surface area (Å²) >= 11 is 0. The molecule has 0 amide bonds. The summed E-state index contributed by atoms with van der Waals surface area (Å²) in [7, 11) is 0. The Kier molecular flexibility index (Phi) is 1.53. The van der Waals surface area contributed by atoms with Crippen LogP contribution in [0.5, 0.6) is 0 Å². The Morgan fingerprint density at radius 3 is 2.93 bits per heavy atom. The molecule has 0 fully saturated rings. The monoisotopic (exact) mass is 200 g/mol. The Morgan fingerprint density at radius 2 is 2.13 bits per heavy atom. The Bertz CT molecular complexity index is 647. The molecular formula is C10H8N4O. The minimum Gasteiger partial charge on any atom is -0.357 e. The van der Waals surface area contributed by atoms with Crippen molar-refractivity contribution in [3.05, 3.63) is 41.2 Å². The minimum absolute atomic E-state index is 0.109. The van der Waals surface area contributed by atoms with Crippen LogP contribution in [0.25, 0.3) is 22.0 Å². The molecule has 0 radical (unpaired) electrons. The number of nitrogens with one attached hydrogen (secondary N) is 3. The van der Waals surface area contributed by atoms with Gasteiger partial charge in [0.1, 0.15) is 5.52 Å². The molecule has 0 aliphatic rings. The van der Waals surface area contributed by atoms with E-state index in [0.29, 0.717) is 5.52 Å². The number of nitrogens with zero attached hydrogens (tertiary/aromatic N) is 1. The molecule has 3 N–H and O–H groups in total. The Labute approximate surface area is 84.2 Å². The number of pyridine rings is 1. The summed E-state index contributed by atoms with van der Waals surface area (Å²) in [5, 5.41) is 7.54. The zero-order valence-corrected chi connectivity index (χ0v) is 7.74. The van der Waals surface area contributed by atoms with Gasteiger partial charge in [-0.2, -0.15) is 5.10 Å². The lowest BCUT2D eigenvalue weighted by Gasteiger charge is -1.98. The van der Waals surface area contributed by atoms with Crippen LogP contribution in [-0.2, 0) is 0 Å². The van der Waals surface area contributed by atoms with Crippen LogP contribution in [0.4, 0.5) is 0 Å². The zero-order chi connectivity index (χ0) is 10.3. The molecule has 5 nitrogen and oxygen atoms in total. The first-order valence-corrected chi connectivity index (χ1v) is 4.54. The van der Waals surface area contributed by atoms with Crippen molar-refractivity contribution in [2.45, 2.75) is 0 Å². The van der Waals surface area contributed by atoms with Crippen LogP contribution < -0.4 is 5.56 Å². The quantitative estimate of drug-likeness (QED) is 0.552. The van der Waals surface area contributed by atoms with Gasteiger partial charge in [-0.05, 0) is 6.07 Å². The van der Waals surface area contributed by atoms with Gasteiger partial charge in [0.25, 0.3) is 5.56 Å². The maximum atomic E-state index is 11.5. The molecular weight excluding hydrogens is 192 g/mol. The van der Waals surface area contributed by atoms with Crippen molar-refractivity contribution in [2.75, 3.05) is 0 Å². The topological polar surface area (TPSA) is 77.3 Å². The highest BCUT2D eigenvalue weighted by Gasteiger charge is 2.07. The van der Waals surface area contributed by atoms with Crippen LogP contribution in [0.1, 0.15) is 0 Å². The highest BCUT2D eigenvalue weighted by atomic mass is 16.1. The molecule has 3 heterocycles. The largest absolute Gasteiger partial charge is 0.357 e. The second-order valence-corrected chi connectivity index (χ2v) is 3.28. The van der Waals surface area contributed by atoms with E-state index in [4.69, 9.17) is 0 Å². The van der Waals surface area contributed by atoms with Gasteiger partial charge in [0.15, 0.2) is 0 Å². The number of H-pyrrole nitrogens is 3. The second kappa shape index (κ2) is 2.84. The van der Waals surface area contributed by atoms with Crippen molar-refractivity contribution in [3.8, 4) is 11.1 Å². The Balaban J connectivity index is 2.42. The van der Waals surface area contributed by atoms with Crippen LogP contribution in [0.3, 0.4) is 0 Å². The summed E-state index contributed by atoms with van der Waals surface area (Å²) < 4.78 is 0. The van der Waals surface area contributed by atoms with Gasteiger partial charge in [0, 0.05) is 35.1 Å². The maximum Gasteiger partial charge on any atom is 0.272 e. The van der Waals surface area contributed by atoms with Gasteiger partial charge in [-0.1, -0.05) is 0 Å². The predicted molar refractivity (Wildman–Crippen MR) is 56.5 cm³/mol. The minimum atomic E-state index is -0.109. The molecule has 0 saturated heterocycles. The molecule has 15 heavy (non-hydrogen) atoms. The first kappa shape index (κ1) is 8.05. The van der Waals surface area contributed by atoms with E-state index in [1.165, 1.54) is 0 Å². The third-order valence-electron chi connectivity index (χ3n) is 2.42. The summed E-state index contributed by atoms with van der Waals surface area (Å²) in [6.07, 6.45) is 6.97. The standard InChI is InChI=1S/C10H8N4O/c15-10-9-7(1-2-11-9)8(5-12-10)6-3-13-14-4-6/h1-5,11H,(H,12,15)(H,13,14). The number of aromatic amines is 3. The third-order valence-corrected chi connectivity index (χ3v) is 2.42. The smallest absolute Gasteiger partial charge is 0.272 e. The molecule has 0 aliphatic carbocycles. The normalized spacial score (nSPS) is 10.9. The molecule has 0 bridgehead atoms. The van der Waals surface area contributed by atoms with Gasteiger partial charge in [0.2, 0.25) is 0 Å². The van der Waals surface area contributed by atoms with E-state index in [-0.39, 0.29) is 5.56 Å². The average Bonchev–Trinajstić information content (AvgIpc) is 2.88. The van der Waals surface area contributed by atoms with Crippen molar-refractivity contribution in [1.29, 1.82) is 0 Å². The van der Waals surface area contributed by atoms with Crippen LogP contribution in [0.2, 0.25) is 0 Å². The van der Waals surface area contributed by atoms with Crippen LogP contribution in [0.15, 0.2) is 35.6 Å². The first-order valence-electron chi connectivity index (χ1n) is 4.54. The molecule has 0 aromatic carbocycles. The van der Waals surface area contributed by atoms with Gasteiger partial charge in [-0.3, -0.25) is 9.89 Å². The lowest BCUT2D eigenvalue weighted by molar-refractivity contribution is 1.09. The lowest BCUT2D eigenvalue weighted by Crippen LogP contribution is -2.05. The van der Waals surface area contributed by atoms with Crippen LogP contribution >= 0.6 is 0 Å². The SMILES string of the molecule is O=c1[nH]cc(-c2cn[nH]c2)c2cc[nH]c12. The molecule has 3 rings (SSSR count). The van der Waals surface area contributed by atoms with Crippen LogP contribution in [0, 0.1) is 0 Å². The summed E-state index contributed by atoms with van der Waals surface area (Å²) in [5.74, 6) is 0. The molecule has 0 spiro atoms. The molecule has 0 aliphatic heterocycles. The van der Waals surface area contributed by atoms with Crippen molar-refractivity contribution in [2.24, 2.45) is 0 Å². The van der Waals surface area contributed by atoms with E-state index < -0.39 is 0 Å². The Hall–Kier alpha value is -2.30. The summed E-state index contributed by atoms with van der Waals surface area (Å²) in [5.41, 5.74) is 2.39. The highest BCUT2D eigenvalue weighted by molar-refractivity contribution is 5.93. The number of rotatable bonds is 1. The molecule has 0 saturated carbocycles. The lowest BCUT2D eigenvalue weighted by atomic mass is 10.1. The van der Waals surface area contributed by atoms with Gasteiger partial charge in [-0.15, -0.1) is 0 Å². The van der Waals surface area contributed by atoms with Crippen molar-refractivity contribution >= 4 is 10.9 Å². The van der Waals surface area contributed by atoms with E-state index in [0.717, 1.165) is 16.5 Å². The van der Waals surface area contributed by atoms with Crippen LogP contribution in [-0.4, -0.2) is 20.2 Å². The van der Waals surface area contributed by atoms with Gasteiger partial charge in [-0.25, -0.2) is 0 Å². The molecule has 3 aromatic heterocycles. The molecule has 0 atom stereocenters. The van der Waals surface area contributed by atoms with Gasteiger partial charge >= 0.3 is 0 Å². The molecule has 3 aromatic rings. The summed E-state index contributed by atoms with van der Waals surface area (Å²) in [4.78, 5) is 17.1. The third kappa shape index (κ3) is 1.10. The van der Waals surface area contributed by atoms with E-state index in [9.17, 15) is 4.79 Å². The highest BCUT2D eigenvalue weighted by Crippen LogP contribution is 2.24. The average molecular weight is 200 g/mol. The van der Waals surface area contributed by atoms with Crippen molar-refractivity contribution < 1.29 is 0 Å². The molecule has 0 unspecified atom stereocenters. The number of fused-ring (bicyclic) bond motifs is 1. The molecule has 74 valence electrons. The maximum absolute atomic E-state index is 11.5. The summed E-state index contributed by atoms with van der Waals surface area (Å²) in [6.45, 7) is 0. The van der Waals surface area contributed by atoms with Gasteiger partial charge < -0.3 is 9.97 Å². The fourth-order valence-corrected chi connectivity index (χ4v) is 1.71.